The van der Waals surface area contributed by atoms with Crippen LogP contribution in [0.15, 0.2) is 0 Å². The Morgan fingerprint density at radius 3 is 2.68 bits per heavy atom. The Kier molecular flexibility index (Phi) is 6.06. The maximum Gasteiger partial charge on any atom is 0.405 e. The maximum absolute atomic E-state index is 12.1. The number of halogens is 3. The first kappa shape index (κ1) is 16.2. The fourth-order valence-electron chi connectivity index (χ4n) is 2.45. The van der Waals surface area contributed by atoms with Crippen LogP contribution in [0.4, 0.5) is 13.2 Å². The van der Waals surface area contributed by atoms with Crippen molar-refractivity contribution in [3.05, 3.63) is 0 Å². The van der Waals surface area contributed by atoms with Crippen LogP contribution in [-0.2, 0) is 4.79 Å². The average Bonchev–Trinajstić information content (AvgIpc) is 2.37. The molecule has 0 aromatic carbocycles. The van der Waals surface area contributed by atoms with E-state index in [0.29, 0.717) is 6.54 Å². The quantitative estimate of drug-likeness (QED) is 0.794. The van der Waals surface area contributed by atoms with Crippen molar-refractivity contribution in [1.82, 2.24) is 15.5 Å². The molecule has 2 unspecified atom stereocenters. The van der Waals surface area contributed by atoms with E-state index in [1.54, 1.807) is 6.92 Å². The van der Waals surface area contributed by atoms with E-state index in [1.165, 1.54) is 0 Å². The van der Waals surface area contributed by atoms with Gasteiger partial charge in [0.2, 0.25) is 5.91 Å². The summed E-state index contributed by atoms with van der Waals surface area (Å²) in [5.74, 6) is -0.565. The summed E-state index contributed by atoms with van der Waals surface area (Å²) in [6.07, 6.45) is -2.37. The Balaban J connectivity index is 2.51. The highest BCUT2D eigenvalue weighted by Crippen LogP contribution is 2.15. The number of hydrogen-bond acceptors (Lipinski definition) is 3. The second-order valence-corrected chi connectivity index (χ2v) is 4.84. The predicted octanol–water partition coefficient (Wildman–Crippen LogP) is 1.13. The lowest BCUT2D eigenvalue weighted by molar-refractivity contribution is -0.141. The number of rotatable bonds is 5. The molecule has 4 nitrogen and oxygen atoms in total. The Morgan fingerprint density at radius 1 is 1.53 bits per heavy atom. The Labute approximate surface area is 111 Å². The lowest BCUT2D eigenvalue weighted by atomic mass is 10.0. The molecule has 0 radical (unpaired) electrons. The molecule has 1 fully saturated rings. The van der Waals surface area contributed by atoms with Gasteiger partial charge in [-0.25, -0.2) is 0 Å². The fraction of sp³-hybridized carbons (Fsp3) is 0.917. The molecule has 1 aliphatic heterocycles. The van der Waals surface area contributed by atoms with Crippen LogP contribution >= 0.6 is 0 Å². The molecule has 1 rings (SSSR count). The smallest absolute Gasteiger partial charge is 0.346 e. The van der Waals surface area contributed by atoms with E-state index in [-0.39, 0.29) is 6.04 Å². The molecule has 0 saturated carbocycles. The van der Waals surface area contributed by atoms with E-state index in [1.807, 2.05) is 17.1 Å². The van der Waals surface area contributed by atoms with Crippen molar-refractivity contribution in [3.63, 3.8) is 0 Å². The molecule has 2 N–H and O–H groups in total. The zero-order valence-electron chi connectivity index (χ0n) is 11.4. The van der Waals surface area contributed by atoms with Crippen LogP contribution < -0.4 is 10.6 Å². The van der Waals surface area contributed by atoms with Gasteiger partial charge in [-0.05, 0) is 32.9 Å². The molecule has 0 spiro atoms. The summed E-state index contributed by atoms with van der Waals surface area (Å²) in [6, 6.07) is -0.331. The summed E-state index contributed by atoms with van der Waals surface area (Å²) < 4.78 is 36.2. The molecule has 0 aromatic heterocycles. The molecule has 1 aliphatic rings. The van der Waals surface area contributed by atoms with Gasteiger partial charge < -0.3 is 10.6 Å². The molecule has 0 aliphatic carbocycles. The van der Waals surface area contributed by atoms with Gasteiger partial charge in [-0.2, -0.15) is 13.2 Å². The molecule has 2 atom stereocenters. The minimum absolute atomic E-state index is 0.213. The summed E-state index contributed by atoms with van der Waals surface area (Å²) in [4.78, 5) is 13.7. The minimum atomic E-state index is -4.36. The molecule has 19 heavy (non-hydrogen) atoms. The zero-order valence-corrected chi connectivity index (χ0v) is 11.4. The first-order valence-electron chi connectivity index (χ1n) is 6.66. The second-order valence-electron chi connectivity index (χ2n) is 4.84. The van der Waals surface area contributed by atoms with Gasteiger partial charge in [0.1, 0.15) is 6.54 Å². The van der Waals surface area contributed by atoms with Crippen molar-refractivity contribution >= 4 is 5.91 Å². The number of carbonyl (C=O) groups excluding carboxylic acids is 1. The lowest BCUT2D eigenvalue weighted by Gasteiger charge is -2.37. The summed E-state index contributed by atoms with van der Waals surface area (Å²) in [6.45, 7) is 4.70. The number of amides is 1. The van der Waals surface area contributed by atoms with Crippen LogP contribution in [0.5, 0.6) is 0 Å². The van der Waals surface area contributed by atoms with Gasteiger partial charge >= 0.3 is 6.18 Å². The van der Waals surface area contributed by atoms with E-state index in [2.05, 4.69) is 5.32 Å². The van der Waals surface area contributed by atoms with Gasteiger partial charge in [-0.1, -0.05) is 6.92 Å². The average molecular weight is 281 g/mol. The third-order valence-electron chi connectivity index (χ3n) is 3.45. The number of nitrogens with zero attached hydrogens (tertiary/aromatic N) is 1. The monoisotopic (exact) mass is 281 g/mol. The van der Waals surface area contributed by atoms with Crippen molar-refractivity contribution < 1.29 is 18.0 Å². The summed E-state index contributed by atoms with van der Waals surface area (Å²) in [5.41, 5.74) is 0. The van der Waals surface area contributed by atoms with Gasteiger partial charge in [0.05, 0.1) is 6.04 Å². The van der Waals surface area contributed by atoms with Crippen LogP contribution in [-0.4, -0.2) is 55.2 Å². The number of carbonyl (C=O) groups is 1. The first-order chi connectivity index (χ1) is 8.85. The van der Waals surface area contributed by atoms with E-state index >= 15 is 0 Å². The number of likely N-dealkylation sites (N-methyl/N-ethyl adjacent to an activating group) is 1. The van der Waals surface area contributed by atoms with Gasteiger partial charge in [0.15, 0.2) is 0 Å². The largest absolute Gasteiger partial charge is 0.405 e. The van der Waals surface area contributed by atoms with Crippen molar-refractivity contribution in [2.75, 3.05) is 26.2 Å². The maximum atomic E-state index is 12.1. The molecule has 1 saturated heterocycles. The van der Waals surface area contributed by atoms with Gasteiger partial charge in [0.25, 0.3) is 0 Å². The van der Waals surface area contributed by atoms with Crippen molar-refractivity contribution in [1.29, 1.82) is 0 Å². The molecular formula is C12H22F3N3O. The minimum Gasteiger partial charge on any atom is -0.346 e. The molecule has 0 bridgehead atoms. The van der Waals surface area contributed by atoms with Crippen LogP contribution in [0, 0.1) is 0 Å². The van der Waals surface area contributed by atoms with Crippen LogP contribution in [0.3, 0.4) is 0 Å². The molecule has 0 aromatic rings. The van der Waals surface area contributed by atoms with E-state index in [9.17, 15) is 18.0 Å². The van der Waals surface area contributed by atoms with Crippen molar-refractivity contribution in [2.24, 2.45) is 0 Å². The van der Waals surface area contributed by atoms with Gasteiger partial charge in [-0.15, -0.1) is 0 Å². The van der Waals surface area contributed by atoms with E-state index in [4.69, 9.17) is 0 Å². The summed E-state index contributed by atoms with van der Waals surface area (Å²) in [7, 11) is 0. The zero-order chi connectivity index (χ0) is 14.5. The Morgan fingerprint density at radius 2 is 2.21 bits per heavy atom. The molecule has 7 heteroatoms. The van der Waals surface area contributed by atoms with E-state index in [0.717, 1.165) is 25.9 Å². The van der Waals surface area contributed by atoms with Crippen LogP contribution in [0.25, 0.3) is 0 Å². The third-order valence-corrected chi connectivity index (χ3v) is 3.45. The Hall–Kier alpha value is -0.820. The van der Waals surface area contributed by atoms with Crippen LogP contribution in [0.1, 0.15) is 26.7 Å². The number of nitrogens with one attached hydrogen (secondary N) is 2. The van der Waals surface area contributed by atoms with Crippen molar-refractivity contribution in [3.8, 4) is 0 Å². The van der Waals surface area contributed by atoms with Gasteiger partial charge in [0, 0.05) is 12.6 Å². The number of alkyl halides is 3. The SMILES string of the molecule is CCN(C1CCCNC1)C(C)C(=O)NCC(F)(F)F. The molecule has 112 valence electrons. The van der Waals surface area contributed by atoms with E-state index < -0.39 is 24.7 Å². The number of piperidine rings is 1. The Bertz CT molecular complexity index is 290. The highest BCUT2D eigenvalue weighted by Gasteiger charge is 2.31. The van der Waals surface area contributed by atoms with Crippen LogP contribution in [0.2, 0.25) is 0 Å². The molecule has 1 amide bonds. The highest BCUT2D eigenvalue weighted by atomic mass is 19.4. The predicted molar refractivity (Wildman–Crippen MR) is 66.8 cm³/mol. The summed E-state index contributed by atoms with van der Waals surface area (Å²) >= 11 is 0. The third kappa shape index (κ3) is 5.36. The molecular weight excluding hydrogens is 259 g/mol. The summed E-state index contributed by atoms with van der Waals surface area (Å²) in [5, 5.41) is 5.20. The first-order valence-corrected chi connectivity index (χ1v) is 6.66. The second kappa shape index (κ2) is 7.09. The fourth-order valence-corrected chi connectivity index (χ4v) is 2.45. The lowest BCUT2D eigenvalue weighted by Crippen LogP contribution is -2.54. The highest BCUT2D eigenvalue weighted by molar-refractivity contribution is 5.81. The topological polar surface area (TPSA) is 44.4 Å². The van der Waals surface area contributed by atoms with Gasteiger partial charge in [-0.3, -0.25) is 9.69 Å². The normalized spacial score (nSPS) is 22.3. The standard InChI is InChI=1S/C12H22F3N3O/c1-3-18(10-5-4-6-16-7-10)9(2)11(19)17-8-12(13,14)15/h9-10,16H,3-8H2,1-2H3,(H,17,19). The molecule has 1 heterocycles. The van der Waals surface area contributed by atoms with Crippen molar-refractivity contribution in [2.45, 2.75) is 44.9 Å². The number of hydrogen-bond donors (Lipinski definition) is 2.